The van der Waals surface area contributed by atoms with Gasteiger partial charge in [0.1, 0.15) is 5.69 Å². The van der Waals surface area contributed by atoms with Crippen molar-refractivity contribution in [2.45, 2.75) is 18.8 Å². The predicted octanol–water partition coefficient (Wildman–Crippen LogP) is 2.05. The lowest BCUT2D eigenvalue weighted by atomic mass is 9.91. The number of aromatic nitrogens is 4. The van der Waals surface area contributed by atoms with Gasteiger partial charge in [0.15, 0.2) is 0 Å². The Morgan fingerprint density at radius 3 is 2.69 bits per heavy atom. The van der Waals surface area contributed by atoms with Gasteiger partial charge in [-0.05, 0) is 25.0 Å². The molecule has 4 rings (SSSR count). The van der Waals surface area contributed by atoms with Crippen LogP contribution in [0.4, 0.5) is 0 Å². The van der Waals surface area contributed by atoms with E-state index in [2.05, 4.69) is 19.9 Å². The van der Waals surface area contributed by atoms with Gasteiger partial charge in [-0.2, -0.15) is 0 Å². The first-order valence-electron chi connectivity index (χ1n) is 9.40. The summed E-state index contributed by atoms with van der Waals surface area (Å²) in [5.74, 6) is -0.593. The van der Waals surface area contributed by atoms with Gasteiger partial charge in [0.2, 0.25) is 5.91 Å². The SMILES string of the molecule is NC(=O)c1cccc(-c2nccnc2C2CCCN(C(=O)c3cnccn3)C2)c1. The number of nitrogens with two attached hydrogens (primary N) is 1. The summed E-state index contributed by atoms with van der Waals surface area (Å²) in [4.78, 5) is 43.3. The van der Waals surface area contributed by atoms with E-state index in [-0.39, 0.29) is 11.8 Å². The topological polar surface area (TPSA) is 115 Å². The Morgan fingerprint density at radius 1 is 1.07 bits per heavy atom. The van der Waals surface area contributed by atoms with E-state index in [0.29, 0.717) is 30.0 Å². The molecule has 1 fully saturated rings. The maximum atomic E-state index is 12.8. The number of likely N-dealkylation sites (tertiary alicyclic amines) is 1. The number of rotatable bonds is 4. The molecular formula is C21H20N6O2. The number of amides is 2. The number of nitrogens with zero attached hydrogens (tertiary/aromatic N) is 5. The quantitative estimate of drug-likeness (QED) is 0.731. The van der Waals surface area contributed by atoms with Crippen LogP contribution in [-0.2, 0) is 0 Å². The van der Waals surface area contributed by atoms with E-state index in [1.165, 1.54) is 12.4 Å². The molecule has 0 saturated carbocycles. The molecule has 3 aromatic rings. The fourth-order valence-corrected chi connectivity index (χ4v) is 3.65. The highest BCUT2D eigenvalue weighted by molar-refractivity contribution is 5.94. The van der Waals surface area contributed by atoms with Crippen LogP contribution >= 0.6 is 0 Å². The van der Waals surface area contributed by atoms with Crippen LogP contribution in [0.1, 0.15) is 45.3 Å². The largest absolute Gasteiger partial charge is 0.366 e. The highest BCUT2D eigenvalue weighted by atomic mass is 16.2. The Morgan fingerprint density at radius 2 is 1.90 bits per heavy atom. The van der Waals surface area contributed by atoms with E-state index >= 15 is 0 Å². The Hall–Kier alpha value is -3.68. The molecule has 29 heavy (non-hydrogen) atoms. The van der Waals surface area contributed by atoms with Crippen molar-refractivity contribution in [1.29, 1.82) is 0 Å². The zero-order chi connectivity index (χ0) is 20.2. The van der Waals surface area contributed by atoms with Crippen molar-refractivity contribution >= 4 is 11.8 Å². The summed E-state index contributed by atoms with van der Waals surface area (Å²) in [5, 5.41) is 0. The molecule has 8 nitrogen and oxygen atoms in total. The third-order valence-electron chi connectivity index (χ3n) is 5.02. The Balaban J connectivity index is 1.63. The van der Waals surface area contributed by atoms with Crippen LogP contribution < -0.4 is 5.73 Å². The zero-order valence-electron chi connectivity index (χ0n) is 15.7. The van der Waals surface area contributed by atoms with Crippen LogP contribution in [0.3, 0.4) is 0 Å². The molecular weight excluding hydrogens is 368 g/mol. The first-order chi connectivity index (χ1) is 14.1. The van der Waals surface area contributed by atoms with Gasteiger partial charge in [0.05, 0.1) is 17.6 Å². The van der Waals surface area contributed by atoms with Crippen LogP contribution in [0.25, 0.3) is 11.3 Å². The molecule has 1 aromatic carbocycles. The number of piperidine rings is 1. The molecule has 0 radical (unpaired) electrons. The maximum Gasteiger partial charge on any atom is 0.274 e. The minimum atomic E-state index is -0.490. The highest BCUT2D eigenvalue weighted by Gasteiger charge is 2.29. The predicted molar refractivity (Wildman–Crippen MR) is 106 cm³/mol. The van der Waals surface area contributed by atoms with E-state index in [9.17, 15) is 9.59 Å². The Kier molecular flexibility index (Phi) is 5.24. The molecule has 1 atom stereocenters. The number of benzene rings is 1. The van der Waals surface area contributed by atoms with Crippen molar-refractivity contribution in [3.63, 3.8) is 0 Å². The van der Waals surface area contributed by atoms with Crippen LogP contribution in [0, 0.1) is 0 Å². The van der Waals surface area contributed by atoms with E-state index in [0.717, 1.165) is 24.1 Å². The van der Waals surface area contributed by atoms with Crippen LogP contribution in [0.5, 0.6) is 0 Å². The van der Waals surface area contributed by atoms with Gasteiger partial charge in [0.25, 0.3) is 5.91 Å². The van der Waals surface area contributed by atoms with Gasteiger partial charge >= 0.3 is 0 Å². The first-order valence-corrected chi connectivity index (χ1v) is 9.40. The monoisotopic (exact) mass is 388 g/mol. The van der Waals surface area contributed by atoms with E-state index in [1.807, 2.05) is 6.07 Å². The highest BCUT2D eigenvalue weighted by Crippen LogP contribution is 2.32. The molecule has 2 N–H and O–H groups in total. The smallest absolute Gasteiger partial charge is 0.274 e. The second kappa shape index (κ2) is 8.14. The van der Waals surface area contributed by atoms with Crippen molar-refractivity contribution in [2.24, 2.45) is 5.73 Å². The summed E-state index contributed by atoms with van der Waals surface area (Å²) in [6.07, 6.45) is 9.57. The van der Waals surface area contributed by atoms with Gasteiger partial charge in [0, 0.05) is 54.9 Å². The second-order valence-electron chi connectivity index (χ2n) is 6.92. The van der Waals surface area contributed by atoms with E-state index in [1.54, 1.807) is 41.7 Å². The summed E-state index contributed by atoms with van der Waals surface area (Å²) in [6.45, 7) is 1.19. The minimum Gasteiger partial charge on any atom is -0.366 e. The fraction of sp³-hybridized carbons (Fsp3) is 0.238. The molecule has 0 bridgehead atoms. The Labute approximate surface area is 167 Å². The van der Waals surface area contributed by atoms with Gasteiger partial charge in [-0.1, -0.05) is 12.1 Å². The van der Waals surface area contributed by atoms with Crippen LogP contribution in [0.15, 0.2) is 55.2 Å². The van der Waals surface area contributed by atoms with Gasteiger partial charge in [-0.3, -0.25) is 24.5 Å². The second-order valence-corrected chi connectivity index (χ2v) is 6.92. The lowest BCUT2D eigenvalue weighted by Gasteiger charge is -2.32. The molecule has 8 heteroatoms. The summed E-state index contributed by atoms with van der Waals surface area (Å²) in [7, 11) is 0. The molecule has 1 saturated heterocycles. The molecule has 146 valence electrons. The lowest BCUT2D eigenvalue weighted by molar-refractivity contribution is 0.0699. The lowest BCUT2D eigenvalue weighted by Crippen LogP contribution is -2.39. The number of carbonyl (C=O) groups excluding carboxylic acids is 2. The van der Waals surface area contributed by atoms with Crippen molar-refractivity contribution in [1.82, 2.24) is 24.8 Å². The average molecular weight is 388 g/mol. The number of hydrogen-bond acceptors (Lipinski definition) is 6. The van der Waals surface area contributed by atoms with Crippen LogP contribution in [-0.4, -0.2) is 49.7 Å². The standard InChI is InChI=1S/C21H20N6O2/c22-20(28)15-4-1-3-14(11-15)18-19(26-9-8-25-18)16-5-2-10-27(13-16)21(29)17-12-23-6-7-24-17/h1,3-4,6-9,11-12,16H,2,5,10,13H2,(H2,22,28). The molecule has 0 aliphatic carbocycles. The minimum absolute atomic E-state index is 0.0327. The average Bonchev–Trinajstić information content (AvgIpc) is 2.79. The molecule has 1 aliphatic heterocycles. The third kappa shape index (κ3) is 3.96. The van der Waals surface area contributed by atoms with Gasteiger partial charge in [-0.15, -0.1) is 0 Å². The summed E-state index contributed by atoms with van der Waals surface area (Å²) < 4.78 is 0. The Bertz CT molecular complexity index is 1040. The normalized spacial score (nSPS) is 16.4. The molecule has 1 unspecified atom stereocenters. The summed E-state index contributed by atoms with van der Waals surface area (Å²) in [6, 6.07) is 7.05. The summed E-state index contributed by atoms with van der Waals surface area (Å²) in [5.41, 5.74) is 8.47. The van der Waals surface area contributed by atoms with Crippen molar-refractivity contribution in [2.75, 3.05) is 13.1 Å². The first kappa shape index (κ1) is 18.7. The molecule has 0 spiro atoms. The third-order valence-corrected chi connectivity index (χ3v) is 5.02. The van der Waals surface area contributed by atoms with Gasteiger partial charge < -0.3 is 10.6 Å². The van der Waals surface area contributed by atoms with Crippen molar-refractivity contribution < 1.29 is 9.59 Å². The molecule has 3 heterocycles. The van der Waals surface area contributed by atoms with E-state index < -0.39 is 5.91 Å². The maximum absolute atomic E-state index is 12.8. The summed E-state index contributed by atoms with van der Waals surface area (Å²) >= 11 is 0. The molecule has 2 amide bonds. The van der Waals surface area contributed by atoms with E-state index in [4.69, 9.17) is 5.73 Å². The zero-order valence-corrected chi connectivity index (χ0v) is 15.7. The molecule has 1 aliphatic rings. The fourth-order valence-electron chi connectivity index (χ4n) is 3.65. The number of carbonyl (C=O) groups is 2. The van der Waals surface area contributed by atoms with Crippen molar-refractivity contribution in [3.8, 4) is 11.3 Å². The number of primary amides is 1. The number of hydrogen-bond donors (Lipinski definition) is 1. The van der Waals surface area contributed by atoms with Crippen LogP contribution in [0.2, 0.25) is 0 Å². The molecule has 2 aromatic heterocycles. The van der Waals surface area contributed by atoms with Crippen molar-refractivity contribution in [3.05, 3.63) is 72.2 Å². The van der Waals surface area contributed by atoms with Gasteiger partial charge in [-0.25, -0.2) is 4.98 Å².